The number of nitrogens with zero attached hydrogens (tertiary/aromatic N) is 4. The Morgan fingerprint density at radius 1 is 1.38 bits per heavy atom. The van der Waals surface area contributed by atoms with Crippen molar-refractivity contribution in [3.05, 3.63) is 45.8 Å². The number of hydrogen-bond acceptors (Lipinski definition) is 6. The van der Waals surface area contributed by atoms with E-state index in [0.717, 1.165) is 23.8 Å². The van der Waals surface area contributed by atoms with Gasteiger partial charge in [0.15, 0.2) is 5.16 Å². The van der Waals surface area contributed by atoms with E-state index in [2.05, 4.69) is 14.8 Å². The number of nitro benzene ring substituents is 1. The van der Waals surface area contributed by atoms with Crippen molar-refractivity contribution in [2.24, 2.45) is 5.73 Å². The summed E-state index contributed by atoms with van der Waals surface area (Å²) in [5.74, 6) is 1.27. The monoisotopic (exact) mass is 305 g/mol. The van der Waals surface area contributed by atoms with Crippen molar-refractivity contribution < 1.29 is 4.92 Å². The van der Waals surface area contributed by atoms with E-state index in [-0.39, 0.29) is 10.6 Å². The number of thioether (sulfide) groups is 1. The van der Waals surface area contributed by atoms with Crippen LogP contribution in [0.2, 0.25) is 0 Å². The minimum atomic E-state index is -0.354. The van der Waals surface area contributed by atoms with E-state index < -0.39 is 0 Å². The molecule has 1 fully saturated rings. The molecule has 0 bridgehead atoms. The number of nitro groups is 1. The van der Waals surface area contributed by atoms with Crippen LogP contribution in [0.3, 0.4) is 0 Å². The van der Waals surface area contributed by atoms with E-state index in [1.807, 2.05) is 0 Å². The highest BCUT2D eigenvalue weighted by molar-refractivity contribution is 7.98. The van der Waals surface area contributed by atoms with Crippen molar-refractivity contribution in [3.63, 3.8) is 0 Å². The number of aromatic nitrogens is 3. The molecule has 0 radical (unpaired) electrons. The summed E-state index contributed by atoms with van der Waals surface area (Å²) >= 11 is 1.47. The van der Waals surface area contributed by atoms with Gasteiger partial charge in [0.05, 0.1) is 11.5 Å². The highest BCUT2D eigenvalue weighted by atomic mass is 32.2. The van der Waals surface area contributed by atoms with Gasteiger partial charge in [0, 0.05) is 23.4 Å². The third kappa shape index (κ3) is 2.91. The molecule has 1 heterocycles. The zero-order chi connectivity index (χ0) is 14.8. The van der Waals surface area contributed by atoms with Crippen LogP contribution in [-0.2, 0) is 12.3 Å². The normalized spacial score (nSPS) is 14.3. The Balaban J connectivity index is 1.80. The van der Waals surface area contributed by atoms with Crippen molar-refractivity contribution in [2.75, 3.05) is 0 Å². The summed E-state index contributed by atoms with van der Waals surface area (Å²) in [6.07, 6.45) is 2.23. The molecule has 0 aliphatic heterocycles. The highest BCUT2D eigenvalue weighted by Gasteiger charge is 2.29. The fraction of sp³-hybridized carbons (Fsp3) is 0.385. The molecule has 1 aliphatic rings. The van der Waals surface area contributed by atoms with Crippen molar-refractivity contribution in [3.8, 4) is 0 Å². The first-order chi connectivity index (χ1) is 10.2. The van der Waals surface area contributed by atoms with Gasteiger partial charge >= 0.3 is 0 Å². The Kier molecular flexibility index (Phi) is 3.89. The van der Waals surface area contributed by atoms with Gasteiger partial charge < -0.3 is 10.3 Å². The third-order valence-electron chi connectivity index (χ3n) is 3.37. The second-order valence-electron chi connectivity index (χ2n) is 4.88. The summed E-state index contributed by atoms with van der Waals surface area (Å²) < 4.78 is 2.07. The molecule has 21 heavy (non-hydrogen) atoms. The van der Waals surface area contributed by atoms with Crippen LogP contribution in [0.4, 0.5) is 5.69 Å². The molecule has 8 heteroatoms. The first-order valence-electron chi connectivity index (χ1n) is 6.69. The Bertz CT molecular complexity index is 668. The zero-order valence-electron chi connectivity index (χ0n) is 11.3. The van der Waals surface area contributed by atoms with E-state index in [9.17, 15) is 10.1 Å². The molecule has 0 spiro atoms. The smallest absolute Gasteiger partial charge is 0.273 e. The van der Waals surface area contributed by atoms with E-state index in [0.29, 0.717) is 23.9 Å². The molecule has 0 saturated heterocycles. The quantitative estimate of drug-likeness (QED) is 0.499. The number of hydrogen-bond donors (Lipinski definition) is 1. The second kappa shape index (κ2) is 5.82. The van der Waals surface area contributed by atoms with Crippen molar-refractivity contribution >= 4 is 17.4 Å². The molecule has 3 rings (SSSR count). The maximum Gasteiger partial charge on any atom is 0.273 e. The lowest BCUT2D eigenvalue weighted by molar-refractivity contribution is -0.385. The van der Waals surface area contributed by atoms with Crippen LogP contribution in [0.5, 0.6) is 0 Å². The van der Waals surface area contributed by atoms with Gasteiger partial charge in [-0.15, -0.1) is 10.2 Å². The molecular formula is C13H15N5O2S. The number of nitrogens with two attached hydrogens (primary N) is 1. The lowest BCUT2D eigenvalue weighted by atomic mass is 10.2. The average Bonchev–Trinajstić information content (AvgIpc) is 3.25. The van der Waals surface area contributed by atoms with E-state index in [1.54, 1.807) is 18.2 Å². The molecule has 0 atom stereocenters. The molecule has 2 N–H and O–H groups in total. The highest BCUT2D eigenvalue weighted by Crippen LogP contribution is 2.39. The molecule has 1 aromatic carbocycles. The van der Waals surface area contributed by atoms with E-state index >= 15 is 0 Å². The standard InChI is InChI=1S/C13H15N5O2S/c14-7-12-15-16-13(17(12)10-5-6-10)21-8-9-3-1-2-4-11(9)18(19)20/h1-4,10H,5-8,14H2. The van der Waals surface area contributed by atoms with Crippen LogP contribution in [0.1, 0.15) is 30.3 Å². The van der Waals surface area contributed by atoms with Crippen LogP contribution < -0.4 is 5.73 Å². The van der Waals surface area contributed by atoms with E-state index in [4.69, 9.17) is 5.73 Å². The van der Waals surface area contributed by atoms with Gasteiger partial charge in [0.1, 0.15) is 5.82 Å². The molecular weight excluding hydrogens is 290 g/mol. The van der Waals surface area contributed by atoms with E-state index in [1.165, 1.54) is 17.8 Å². The fourth-order valence-corrected chi connectivity index (χ4v) is 3.22. The van der Waals surface area contributed by atoms with Gasteiger partial charge in [-0.05, 0) is 12.8 Å². The topological polar surface area (TPSA) is 99.9 Å². The number of benzene rings is 1. The summed E-state index contributed by atoms with van der Waals surface area (Å²) in [4.78, 5) is 10.7. The lowest BCUT2D eigenvalue weighted by Crippen LogP contribution is -2.08. The van der Waals surface area contributed by atoms with Gasteiger partial charge in [0.2, 0.25) is 0 Å². The van der Waals surface area contributed by atoms with Gasteiger partial charge in [0.25, 0.3) is 5.69 Å². The fourth-order valence-electron chi connectivity index (χ4n) is 2.20. The molecule has 0 amide bonds. The molecule has 0 unspecified atom stereocenters. The molecule has 2 aromatic rings. The van der Waals surface area contributed by atoms with Gasteiger partial charge in [-0.2, -0.15) is 0 Å². The summed E-state index contributed by atoms with van der Waals surface area (Å²) in [5.41, 5.74) is 6.51. The summed E-state index contributed by atoms with van der Waals surface area (Å²) in [6.45, 7) is 0.357. The number of para-hydroxylation sites is 1. The minimum absolute atomic E-state index is 0.140. The van der Waals surface area contributed by atoms with Gasteiger partial charge in [-0.3, -0.25) is 10.1 Å². The molecule has 1 aliphatic carbocycles. The maximum absolute atomic E-state index is 11.0. The SMILES string of the molecule is NCc1nnc(SCc2ccccc2[N+](=O)[O-])n1C1CC1. The first-order valence-corrected chi connectivity index (χ1v) is 7.68. The maximum atomic E-state index is 11.0. The number of rotatable bonds is 6. The Morgan fingerprint density at radius 3 is 2.81 bits per heavy atom. The second-order valence-corrected chi connectivity index (χ2v) is 5.82. The lowest BCUT2D eigenvalue weighted by Gasteiger charge is -2.07. The molecule has 7 nitrogen and oxygen atoms in total. The Hall–Kier alpha value is -1.93. The van der Waals surface area contributed by atoms with Crippen LogP contribution in [0.25, 0.3) is 0 Å². The largest absolute Gasteiger partial charge is 0.324 e. The predicted octanol–water partition coefficient (Wildman–Crippen LogP) is 2.27. The minimum Gasteiger partial charge on any atom is -0.324 e. The average molecular weight is 305 g/mol. The van der Waals surface area contributed by atoms with Crippen LogP contribution in [0, 0.1) is 10.1 Å². The first kappa shape index (κ1) is 14.0. The Morgan fingerprint density at radius 2 is 2.14 bits per heavy atom. The molecule has 1 saturated carbocycles. The molecule has 1 aromatic heterocycles. The zero-order valence-corrected chi connectivity index (χ0v) is 12.1. The third-order valence-corrected chi connectivity index (χ3v) is 4.37. The van der Waals surface area contributed by atoms with Crippen molar-refractivity contribution in [1.29, 1.82) is 0 Å². The van der Waals surface area contributed by atoms with Gasteiger partial charge in [-0.25, -0.2) is 0 Å². The molecule has 110 valence electrons. The summed E-state index contributed by atoms with van der Waals surface area (Å²) in [7, 11) is 0. The summed E-state index contributed by atoms with van der Waals surface area (Å²) in [5, 5.41) is 20.1. The van der Waals surface area contributed by atoms with Crippen LogP contribution >= 0.6 is 11.8 Å². The van der Waals surface area contributed by atoms with Gasteiger partial charge in [-0.1, -0.05) is 30.0 Å². The van der Waals surface area contributed by atoms with Crippen molar-refractivity contribution in [2.45, 2.75) is 36.3 Å². The van der Waals surface area contributed by atoms with Crippen LogP contribution in [0.15, 0.2) is 29.4 Å². The van der Waals surface area contributed by atoms with Crippen LogP contribution in [-0.4, -0.2) is 19.7 Å². The summed E-state index contributed by atoms with van der Waals surface area (Å²) in [6, 6.07) is 7.21. The van der Waals surface area contributed by atoms with Crippen molar-refractivity contribution in [1.82, 2.24) is 14.8 Å². The Labute approximate surface area is 125 Å². The predicted molar refractivity (Wildman–Crippen MR) is 78.8 cm³/mol.